The summed E-state index contributed by atoms with van der Waals surface area (Å²) in [4.78, 5) is 0. The monoisotopic (exact) mass is 293 g/mol. The van der Waals surface area contributed by atoms with Crippen LogP contribution in [0.1, 0.15) is 11.1 Å². The minimum Gasteiger partial charge on any atom is -0.366 e. The zero-order chi connectivity index (χ0) is 15.1. The second kappa shape index (κ2) is 4.91. The number of halogens is 1. The fourth-order valence-corrected chi connectivity index (χ4v) is 2.91. The highest BCUT2D eigenvalue weighted by atomic mass is 19.1. The zero-order valence-corrected chi connectivity index (χ0v) is 12.2. The number of aromatic nitrogens is 2. The number of anilines is 1. The van der Waals surface area contributed by atoms with Crippen molar-refractivity contribution in [1.29, 1.82) is 0 Å². The van der Waals surface area contributed by atoms with Gasteiger partial charge in [0.25, 0.3) is 0 Å². The molecule has 1 aliphatic heterocycles. The molecule has 0 aromatic heterocycles. The van der Waals surface area contributed by atoms with Crippen LogP contribution < -0.4 is 5.32 Å². The summed E-state index contributed by atoms with van der Waals surface area (Å²) in [6.45, 7) is 2.85. The van der Waals surface area contributed by atoms with Gasteiger partial charge in [-0.15, -0.1) is 0 Å². The van der Waals surface area contributed by atoms with Crippen molar-refractivity contribution in [2.75, 3.05) is 5.32 Å². The number of benzene rings is 2. The number of aromatic amines is 2. The summed E-state index contributed by atoms with van der Waals surface area (Å²) in [6.07, 6.45) is 0. The lowest BCUT2D eigenvalue weighted by Crippen LogP contribution is -2.01. The fraction of sp³-hybridized carbons (Fsp3) is 0.111. The van der Waals surface area contributed by atoms with E-state index in [9.17, 15) is 4.39 Å². The third-order valence-electron chi connectivity index (χ3n) is 4.15. The number of rotatable bonds is 3. The third kappa shape index (κ3) is 2.04. The molecule has 1 aliphatic carbocycles. The highest BCUT2D eigenvalue weighted by Crippen LogP contribution is 2.37. The van der Waals surface area contributed by atoms with Crippen molar-refractivity contribution in [2.45, 2.75) is 13.5 Å². The van der Waals surface area contributed by atoms with Crippen LogP contribution in [-0.4, -0.2) is 10.2 Å². The van der Waals surface area contributed by atoms with Crippen LogP contribution in [0.15, 0.2) is 48.5 Å². The Bertz CT molecular complexity index is 919. The maximum absolute atomic E-state index is 13.4. The van der Waals surface area contributed by atoms with Crippen LogP contribution in [0.3, 0.4) is 0 Å². The minimum absolute atomic E-state index is 0.210. The average molecular weight is 293 g/mol. The van der Waals surface area contributed by atoms with Crippen molar-refractivity contribution in [3.8, 4) is 11.3 Å². The van der Waals surface area contributed by atoms with Crippen LogP contribution in [-0.2, 0) is 6.54 Å². The first-order valence-electron chi connectivity index (χ1n) is 7.29. The molecule has 110 valence electrons. The summed E-state index contributed by atoms with van der Waals surface area (Å²) in [6, 6.07) is 15.2. The Hall–Kier alpha value is -2.75. The van der Waals surface area contributed by atoms with E-state index < -0.39 is 0 Å². The lowest BCUT2D eigenvalue weighted by atomic mass is 10.1. The van der Waals surface area contributed by atoms with E-state index in [1.807, 2.05) is 24.3 Å². The Morgan fingerprint density at radius 1 is 1.05 bits per heavy atom. The Kier molecular flexibility index (Phi) is 2.89. The molecular weight excluding hydrogens is 277 g/mol. The average Bonchev–Trinajstić information content (AvgIpc) is 3.05. The third-order valence-corrected chi connectivity index (χ3v) is 4.15. The molecule has 4 heteroatoms. The topological polar surface area (TPSA) is 43.6 Å². The molecule has 1 heterocycles. The van der Waals surface area contributed by atoms with E-state index in [-0.39, 0.29) is 5.82 Å². The van der Waals surface area contributed by atoms with Gasteiger partial charge in [0.05, 0.1) is 5.69 Å². The van der Waals surface area contributed by atoms with Gasteiger partial charge in [-0.2, -0.15) is 0 Å². The molecule has 0 unspecified atom stereocenters. The van der Waals surface area contributed by atoms with Crippen molar-refractivity contribution in [3.05, 3.63) is 65.5 Å². The summed E-state index contributed by atoms with van der Waals surface area (Å²) >= 11 is 0. The molecule has 0 saturated carbocycles. The number of fused-ring (bicyclic) bond motifs is 3. The highest BCUT2D eigenvalue weighted by molar-refractivity contribution is 6.03. The SMILES string of the molecule is Cc1ccccc1CNc1[nH][nH]c2c3ccc(F)cc3cc1-2. The van der Waals surface area contributed by atoms with Crippen molar-refractivity contribution in [1.82, 2.24) is 10.2 Å². The Morgan fingerprint density at radius 3 is 2.77 bits per heavy atom. The summed E-state index contributed by atoms with van der Waals surface area (Å²) in [5, 5.41) is 11.7. The normalized spacial score (nSPS) is 11.4. The minimum atomic E-state index is -0.210. The zero-order valence-electron chi connectivity index (χ0n) is 12.2. The second-order valence-electron chi connectivity index (χ2n) is 5.57. The molecular formula is C18H16FN3. The molecule has 22 heavy (non-hydrogen) atoms. The van der Waals surface area contributed by atoms with E-state index in [2.05, 4.69) is 34.6 Å². The molecule has 0 bridgehead atoms. The number of hydrogen-bond acceptors (Lipinski definition) is 1. The van der Waals surface area contributed by atoms with Crippen molar-refractivity contribution in [3.63, 3.8) is 0 Å². The Morgan fingerprint density at radius 2 is 1.91 bits per heavy atom. The number of aryl methyl sites for hydroxylation is 1. The van der Waals surface area contributed by atoms with Gasteiger partial charge in [0.1, 0.15) is 11.6 Å². The number of nitrogens with one attached hydrogen (secondary N) is 3. The van der Waals surface area contributed by atoms with Crippen LogP contribution in [0.2, 0.25) is 0 Å². The van der Waals surface area contributed by atoms with E-state index in [4.69, 9.17) is 0 Å². The van der Waals surface area contributed by atoms with Crippen LogP contribution >= 0.6 is 0 Å². The smallest absolute Gasteiger partial charge is 0.127 e. The standard InChI is InChI=1S/C18H16FN3/c1-11-4-2-3-5-12(11)10-20-18-16-9-13-8-14(19)6-7-15(13)17(16)21-22-18/h2-9,20-22H,10H2,1H3. The summed E-state index contributed by atoms with van der Waals surface area (Å²) in [5.74, 6) is 0.716. The van der Waals surface area contributed by atoms with E-state index >= 15 is 0 Å². The molecule has 0 fully saturated rings. The highest BCUT2D eigenvalue weighted by Gasteiger charge is 2.16. The number of H-pyrrole nitrogens is 2. The van der Waals surface area contributed by atoms with Gasteiger partial charge in [0, 0.05) is 17.5 Å². The first kappa shape index (κ1) is 13.0. The lowest BCUT2D eigenvalue weighted by Gasteiger charge is -2.07. The predicted molar refractivity (Wildman–Crippen MR) is 87.7 cm³/mol. The van der Waals surface area contributed by atoms with Gasteiger partial charge in [-0.1, -0.05) is 24.3 Å². The molecule has 0 amide bonds. The van der Waals surface area contributed by atoms with E-state index in [0.29, 0.717) is 0 Å². The van der Waals surface area contributed by atoms with E-state index in [0.717, 1.165) is 34.4 Å². The van der Waals surface area contributed by atoms with Crippen molar-refractivity contribution >= 4 is 16.6 Å². The number of hydrogen-bond donors (Lipinski definition) is 3. The predicted octanol–water partition coefficient (Wildman–Crippen LogP) is 4.66. The van der Waals surface area contributed by atoms with Crippen molar-refractivity contribution < 1.29 is 4.39 Å². The molecule has 0 atom stereocenters. The Labute approximate surface area is 127 Å². The molecule has 0 radical (unpaired) electrons. The maximum Gasteiger partial charge on any atom is 0.127 e. The van der Waals surface area contributed by atoms with Crippen molar-refractivity contribution in [2.24, 2.45) is 0 Å². The van der Waals surface area contributed by atoms with Gasteiger partial charge in [0.15, 0.2) is 0 Å². The molecule has 0 spiro atoms. The molecule has 3 nitrogen and oxygen atoms in total. The molecule has 4 rings (SSSR count). The quantitative estimate of drug-likeness (QED) is 0.505. The fourth-order valence-electron chi connectivity index (χ4n) is 2.91. The van der Waals surface area contributed by atoms with Gasteiger partial charge in [-0.25, -0.2) is 4.39 Å². The summed E-state index contributed by atoms with van der Waals surface area (Å²) in [5.41, 5.74) is 4.57. The summed E-state index contributed by atoms with van der Waals surface area (Å²) in [7, 11) is 0. The van der Waals surface area contributed by atoms with E-state index in [1.54, 1.807) is 6.07 Å². The van der Waals surface area contributed by atoms with Crippen LogP contribution in [0.4, 0.5) is 10.2 Å². The van der Waals surface area contributed by atoms with Crippen LogP contribution in [0.5, 0.6) is 0 Å². The molecule has 0 saturated heterocycles. The van der Waals surface area contributed by atoms with E-state index in [1.165, 1.54) is 17.2 Å². The molecule has 2 aliphatic rings. The van der Waals surface area contributed by atoms with Crippen LogP contribution in [0, 0.1) is 12.7 Å². The molecule has 2 aromatic carbocycles. The second-order valence-corrected chi connectivity index (χ2v) is 5.57. The van der Waals surface area contributed by atoms with Gasteiger partial charge >= 0.3 is 0 Å². The van der Waals surface area contributed by atoms with Gasteiger partial charge in [-0.05, 0) is 47.7 Å². The maximum atomic E-state index is 13.4. The first-order valence-corrected chi connectivity index (χ1v) is 7.29. The van der Waals surface area contributed by atoms with Gasteiger partial charge in [0.2, 0.25) is 0 Å². The largest absolute Gasteiger partial charge is 0.366 e. The van der Waals surface area contributed by atoms with Gasteiger partial charge < -0.3 is 5.32 Å². The lowest BCUT2D eigenvalue weighted by molar-refractivity contribution is 0.630. The summed E-state index contributed by atoms with van der Waals surface area (Å²) < 4.78 is 13.4. The van der Waals surface area contributed by atoms with Gasteiger partial charge in [-0.3, -0.25) is 10.2 Å². The Balaban J connectivity index is 1.67. The first-order chi connectivity index (χ1) is 10.7. The molecule has 3 N–H and O–H groups in total. The van der Waals surface area contributed by atoms with Crippen LogP contribution in [0.25, 0.3) is 22.0 Å². The molecule has 2 aromatic rings.